The van der Waals surface area contributed by atoms with Crippen LogP contribution in [0.4, 0.5) is 0 Å². The van der Waals surface area contributed by atoms with Crippen LogP contribution < -0.4 is 4.84 Å². The van der Waals surface area contributed by atoms with E-state index in [0.717, 1.165) is 10.9 Å². The van der Waals surface area contributed by atoms with E-state index in [2.05, 4.69) is 12.8 Å². The molecule has 0 spiro atoms. The third-order valence-corrected chi connectivity index (χ3v) is 3.86. The van der Waals surface area contributed by atoms with Crippen LogP contribution in [-0.4, -0.2) is 17.4 Å². The standard InChI is InChI=1S/C11H9NO4S2/c13-18(14,15)9-4-7-2-1-3-8-6-12(17)16-10(5-9)11(7)8/h1-5,17H,6H2,(H,13,14,15). The Balaban J connectivity index is 2.38. The zero-order chi connectivity index (χ0) is 12.9. The van der Waals surface area contributed by atoms with E-state index >= 15 is 0 Å². The average Bonchev–Trinajstić information content (AvgIpc) is 2.27. The maximum Gasteiger partial charge on any atom is 0.294 e. The molecule has 1 N–H and O–H groups in total. The summed E-state index contributed by atoms with van der Waals surface area (Å²) in [6.07, 6.45) is 0. The molecule has 3 rings (SSSR count). The first-order valence-corrected chi connectivity index (χ1v) is 6.97. The predicted molar refractivity (Wildman–Crippen MR) is 68.9 cm³/mol. The molecule has 2 aromatic rings. The Morgan fingerprint density at radius 3 is 2.83 bits per heavy atom. The second-order valence-corrected chi connectivity index (χ2v) is 5.88. The molecule has 1 aliphatic heterocycles. The maximum absolute atomic E-state index is 11.2. The van der Waals surface area contributed by atoms with Crippen LogP contribution in [0.1, 0.15) is 5.56 Å². The fourth-order valence-corrected chi connectivity index (χ4v) is 2.85. The van der Waals surface area contributed by atoms with Gasteiger partial charge in [-0.25, -0.2) is 0 Å². The molecule has 1 aliphatic rings. The fourth-order valence-electron chi connectivity index (χ4n) is 2.08. The van der Waals surface area contributed by atoms with Crippen LogP contribution in [-0.2, 0) is 16.7 Å². The second-order valence-electron chi connectivity index (χ2n) is 4.01. The Morgan fingerprint density at radius 1 is 1.33 bits per heavy atom. The van der Waals surface area contributed by atoms with Crippen LogP contribution in [0.2, 0.25) is 0 Å². The molecule has 5 nitrogen and oxygen atoms in total. The number of nitrogens with zero attached hydrogens (tertiary/aromatic N) is 1. The fraction of sp³-hybridized carbons (Fsp3) is 0.0909. The van der Waals surface area contributed by atoms with Crippen LogP contribution in [0.15, 0.2) is 35.2 Å². The van der Waals surface area contributed by atoms with E-state index in [9.17, 15) is 8.42 Å². The van der Waals surface area contributed by atoms with Crippen LogP contribution >= 0.6 is 12.8 Å². The number of thiol groups is 1. The van der Waals surface area contributed by atoms with Crippen LogP contribution in [0.3, 0.4) is 0 Å². The molecule has 0 fully saturated rings. The summed E-state index contributed by atoms with van der Waals surface area (Å²) in [4.78, 5) is 5.17. The molecule has 18 heavy (non-hydrogen) atoms. The number of hydrogen-bond donors (Lipinski definition) is 2. The van der Waals surface area contributed by atoms with E-state index in [1.807, 2.05) is 12.1 Å². The third kappa shape index (κ3) is 1.85. The summed E-state index contributed by atoms with van der Waals surface area (Å²) in [6, 6.07) is 8.24. The van der Waals surface area contributed by atoms with Crippen molar-refractivity contribution in [3.05, 3.63) is 35.9 Å². The van der Waals surface area contributed by atoms with E-state index in [4.69, 9.17) is 9.39 Å². The highest BCUT2D eigenvalue weighted by atomic mass is 32.2. The molecular formula is C11H9NO4S2. The molecule has 0 amide bonds. The van der Waals surface area contributed by atoms with Gasteiger partial charge in [-0.05, 0) is 17.0 Å². The summed E-state index contributed by atoms with van der Waals surface area (Å²) in [5, 5.41) is 1.55. The summed E-state index contributed by atoms with van der Waals surface area (Å²) >= 11 is 4.10. The molecule has 1 heterocycles. The molecule has 0 radical (unpaired) electrons. The quantitative estimate of drug-likeness (QED) is 0.619. The highest BCUT2D eigenvalue weighted by Gasteiger charge is 2.21. The highest BCUT2D eigenvalue weighted by molar-refractivity contribution is 7.85. The van der Waals surface area contributed by atoms with Gasteiger partial charge in [-0.1, -0.05) is 35.5 Å². The van der Waals surface area contributed by atoms with Gasteiger partial charge in [-0.15, -0.1) is 0 Å². The van der Waals surface area contributed by atoms with E-state index < -0.39 is 10.1 Å². The minimum Gasteiger partial charge on any atom is -0.395 e. The average molecular weight is 283 g/mol. The number of hydrogen-bond acceptors (Lipinski definition) is 5. The molecule has 94 valence electrons. The zero-order valence-corrected chi connectivity index (χ0v) is 10.8. The molecular weight excluding hydrogens is 274 g/mol. The van der Waals surface area contributed by atoms with Crippen molar-refractivity contribution in [3.63, 3.8) is 0 Å². The Labute approximate surface area is 109 Å². The minimum atomic E-state index is -4.26. The topological polar surface area (TPSA) is 66.8 Å². The lowest BCUT2D eigenvalue weighted by atomic mass is 10.0. The van der Waals surface area contributed by atoms with Gasteiger partial charge in [0.2, 0.25) is 0 Å². The van der Waals surface area contributed by atoms with Crippen molar-refractivity contribution < 1.29 is 17.8 Å². The summed E-state index contributed by atoms with van der Waals surface area (Å²) < 4.78 is 32.8. The largest absolute Gasteiger partial charge is 0.395 e. The summed E-state index contributed by atoms with van der Waals surface area (Å²) in [5.41, 5.74) is 0.991. The molecule has 0 aromatic heterocycles. The smallest absolute Gasteiger partial charge is 0.294 e. The molecule has 7 heteroatoms. The zero-order valence-electron chi connectivity index (χ0n) is 9.07. The highest BCUT2D eigenvalue weighted by Crippen LogP contribution is 2.36. The maximum atomic E-state index is 11.2. The summed E-state index contributed by atoms with van der Waals surface area (Å²) in [6.45, 7) is 0.499. The second kappa shape index (κ2) is 3.86. The summed E-state index contributed by atoms with van der Waals surface area (Å²) in [7, 11) is -4.26. The SMILES string of the molecule is O=S(=O)(O)c1cc2c3c(cccc3c1)CN(S)O2. The van der Waals surface area contributed by atoms with E-state index in [1.54, 1.807) is 6.07 Å². The van der Waals surface area contributed by atoms with Crippen molar-refractivity contribution in [2.45, 2.75) is 11.4 Å². The van der Waals surface area contributed by atoms with Gasteiger partial charge in [0, 0.05) is 11.5 Å². The minimum absolute atomic E-state index is 0.189. The van der Waals surface area contributed by atoms with Crippen molar-refractivity contribution in [2.75, 3.05) is 0 Å². The Morgan fingerprint density at radius 2 is 2.11 bits per heavy atom. The third-order valence-electron chi connectivity index (χ3n) is 2.81. The lowest BCUT2D eigenvalue weighted by molar-refractivity contribution is 0.0412. The number of hydroxylamine groups is 1. The predicted octanol–water partition coefficient (Wildman–Crippen LogP) is 2.04. The Bertz CT molecular complexity index is 742. The van der Waals surface area contributed by atoms with Gasteiger partial charge in [0.05, 0.1) is 11.4 Å². The van der Waals surface area contributed by atoms with Crippen molar-refractivity contribution in [1.82, 2.24) is 4.47 Å². The van der Waals surface area contributed by atoms with Gasteiger partial charge in [-0.3, -0.25) is 4.55 Å². The van der Waals surface area contributed by atoms with Crippen LogP contribution in [0, 0.1) is 0 Å². The first-order chi connectivity index (χ1) is 8.45. The summed E-state index contributed by atoms with van der Waals surface area (Å²) in [5.74, 6) is 0.372. The first-order valence-electron chi connectivity index (χ1n) is 5.13. The lowest BCUT2D eigenvalue weighted by Crippen LogP contribution is -2.21. The van der Waals surface area contributed by atoms with Crippen LogP contribution in [0.25, 0.3) is 10.8 Å². The molecule has 0 bridgehead atoms. The molecule has 0 atom stereocenters. The molecule has 0 aliphatic carbocycles. The van der Waals surface area contributed by atoms with E-state index in [-0.39, 0.29) is 4.90 Å². The first kappa shape index (κ1) is 11.8. The van der Waals surface area contributed by atoms with Gasteiger partial charge in [0.15, 0.2) is 5.75 Å². The Kier molecular flexibility index (Phi) is 2.53. The van der Waals surface area contributed by atoms with Crippen molar-refractivity contribution in [2.24, 2.45) is 0 Å². The molecule has 2 aromatic carbocycles. The van der Waals surface area contributed by atoms with E-state index in [1.165, 1.54) is 16.6 Å². The van der Waals surface area contributed by atoms with E-state index in [0.29, 0.717) is 17.7 Å². The monoisotopic (exact) mass is 283 g/mol. The van der Waals surface area contributed by atoms with Gasteiger partial charge in [0.1, 0.15) is 0 Å². The number of rotatable bonds is 1. The van der Waals surface area contributed by atoms with Crippen molar-refractivity contribution in [3.8, 4) is 5.75 Å². The van der Waals surface area contributed by atoms with Gasteiger partial charge >= 0.3 is 0 Å². The van der Waals surface area contributed by atoms with Crippen LogP contribution in [0.5, 0.6) is 5.75 Å². The normalized spacial score (nSPS) is 15.7. The van der Waals surface area contributed by atoms with Gasteiger partial charge in [-0.2, -0.15) is 8.42 Å². The molecule has 0 saturated heterocycles. The van der Waals surface area contributed by atoms with Gasteiger partial charge < -0.3 is 4.84 Å². The van der Waals surface area contributed by atoms with Crippen molar-refractivity contribution >= 4 is 33.7 Å². The molecule has 0 unspecified atom stereocenters. The van der Waals surface area contributed by atoms with Crippen molar-refractivity contribution in [1.29, 1.82) is 0 Å². The molecule has 0 saturated carbocycles. The van der Waals surface area contributed by atoms with Gasteiger partial charge in [0.25, 0.3) is 10.1 Å². The lowest BCUT2D eigenvalue weighted by Gasteiger charge is -2.24. The number of benzene rings is 2. The Hall–Kier alpha value is -1.28.